The van der Waals surface area contributed by atoms with Gasteiger partial charge in [0.15, 0.2) is 0 Å². The number of rotatable bonds is 7. The largest absolute Gasteiger partial charge is 0.467 e. The molecule has 0 spiro atoms. The van der Waals surface area contributed by atoms with Gasteiger partial charge in [0.2, 0.25) is 0 Å². The molecule has 1 N–H and O–H groups in total. The third-order valence-electron chi connectivity index (χ3n) is 3.89. The summed E-state index contributed by atoms with van der Waals surface area (Å²) in [5, 5.41) is 3.83. The van der Waals surface area contributed by atoms with Crippen molar-refractivity contribution in [3.63, 3.8) is 0 Å². The molecule has 1 aromatic carbocycles. The number of thioether (sulfide) groups is 1. The molecule has 0 fully saturated rings. The van der Waals surface area contributed by atoms with E-state index in [9.17, 15) is 9.59 Å². The highest BCUT2D eigenvalue weighted by molar-refractivity contribution is 7.98. The summed E-state index contributed by atoms with van der Waals surface area (Å²) in [4.78, 5) is 24.7. The standard InChI is InChI=1S/C18H24N2O3S/c1-4-5-9-14-11-13-8-6-7-10-16(13)20(14)18(22)19-15(12-24-3)17(21)23-2/h6-8,10-11,15H,4-5,9,12H2,1-3H3,(H,19,22)/t15-/m0/s1. The SMILES string of the molecule is CCCCc1cc2ccccc2n1C(=O)N[C@@H](CSC)C(=O)OC. The summed E-state index contributed by atoms with van der Waals surface area (Å²) in [6.07, 6.45) is 4.78. The van der Waals surface area contributed by atoms with Crippen LogP contribution < -0.4 is 5.32 Å². The van der Waals surface area contributed by atoms with E-state index in [1.54, 1.807) is 4.57 Å². The van der Waals surface area contributed by atoms with Crippen molar-refractivity contribution >= 4 is 34.7 Å². The number of hydrogen-bond donors (Lipinski definition) is 1. The van der Waals surface area contributed by atoms with E-state index >= 15 is 0 Å². The Bertz CT molecular complexity index is 711. The maximum atomic E-state index is 12.8. The number of fused-ring (bicyclic) bond motifs is 1. The molecule has 0 saturated carbocycles. The van der Waals surface area contributed by atoms with Gasteiger partial charge in [-0.1, -0.05) is 31.5 Å². The molecule has 0 aliphatic rings. The molecule has 1 atom stereocenters. The Morgan fingerprint density at radius 3 is 2.75 bits per heavy atom. The lowest BCUT2D eigenvalue weighted by atomic mass is 10.2. The lowest BCUT2D eigenvalue weighted by Crippen LogP contribution is -2.45. The third-order valence-corrected chi connectivity index (χ3v) is 4.56. The maximum Gasteiger partial charge on any atom is 0.329 e. The number of hydrogen-bond acceptors (Lipinski definition) is 4. The quantitative estimate of drug-likeness (QED) is 0.779. The van der Waals surface area contributed by atoms with Crippen molar-refractivity contribution in [3.05, 3.63) is 36.0 Å². The predicted octanol–water partition coefficient (Wildman–Crippen LogP) is 3.45. The van der Waals surface area contributed by atoms with Crippen molar-refractivity contribution < 1.29 is 14.3 Å². The zero-order valence-corrected chi connectivity index (χ0v) is 15.2. The number of amides is 1. The van der Waals surface area contributed by atoms with Crippen LogP contribution in [0.1, 0.15) is 25.5 Å². The second-order valence-electron chi connectivity index (χ2n) is 5.61. The van der Waals surface area contributed by atoms with Gasteiger partial charge in [0.05, 0.1) is 12.6 Å². The van der Waals surface area contributed by atoms with Gasteiger partial charge in [-0.15, -0.1) is 0 Å². The van der Waals surface area contributed by atoms with Crippen molar-refractivity contribution in [1.82, 2.24) is 9.88 Å². The molecule has 6 heteroatoms. The number of para-hydroxylation sites is 1. The van der Waals surface area contributed by atoms with Crippen LogP contribution in [-0.4, -0.2) is 41.7 Å². The van der Waals surface area contributed by atoms with Gasteiger partial charge in [0.25, 0.3) is 0 Å². The van der Waals surface area contributed by atoms with Gasteiger partial charge in [-0.05, 0) is 31.2 Å². The zero-order chi connectivity index (χ0) is 17.5. The van der Waals surface area contributed by atoms with Gasteiger partial charge in [-0.2, -0.15) is 11.8 Å². The molecule has 130 valence electrons. The van der Waals surface area contributed by atoms with E-state index in [0.717, 1.165) is 35.9 Å². The average Bonchev–Trinajstić information content (AvgIpc) is 2.97. The molecule has 24 heavy (non-hydrogen) atoms. The number of aromatic nitrogens is 1. The number of methoxy groups -OCH3 is 1. The Hall–Kier alpha value is -1.95. The van der Waals surface area contributed by atoms with Gasteiger partial charge >= 0.3 is 12.0 Å². The van der Waals surface area contributed by atoms with Gasteiger partial charge in [0, 0.05) is 16.8 Å². The second kappa shape index (κ2) is 8.78. The summed E-state index contributed by atoms with van der Waals surface area (Å²) in [5.41, 5.74) is 1.82. The summed E-state index contributed by atoms with van der Waals surface area (Å²) in [6, 6.07) is 8.89. The van der Waals surface area contributed by atoms with Crippen LogP contribution in [0.15, 0.2) is 30.3 Å². The number of nitrogens with zero attached hydrogens (tertiary/aromatic N) is 1. The van der Waals surface area contributed by atoms with E-state index in [1.165, 1.54) is 18.9 Å². The summed E-state index contributed by atoms with van der Waals surface area (Å²) < 4.78 is 6.47. The molecule has 1 amide bonds. The summed E-state index contributed by atoms with van der Waals surface area (Å²) in [6.45, 7) is 2.12. The first-order valence-corrected chi connectivity index (χ1v) is 9.48. The van der Waals surface area contributed by atoms with Crippen LogP contribution in [0.2, 0.25) is 0 Å². The Morgan fingerprint density at radius 1 is 1.33 bits per heavy atom. The van der Waals surface area contributed by atoms with Gasteiger partial charge in [0.1, 0.15) is 6.04 Å². The molecule has 1 heterocycles. The van der Waals surface area contributed by atoms with Crippen LogP contribution in [0.3, 0.4) is 0 Å². The van der Waals surface area contributed by atoms with Crippen LogP contribution in [0.4, 0.5) is 4.79 Å². The van der Waals surface area contributed by atoms with Crippen molar-refractivity contribution in [2.24, 2.45) is 0 Å². The molecule has 0 saturated heterocycles. The van der Waals surface area contributed by atoms with Crippen molar-refractivity contribution in [2.75, 3.05) is 19.1 Å². The summed E-state index contributed by atoms with van der Waals surface area (Å²) in [5.74, 6) is 0.0475. The molecule has 0 unspecified atom stereocenters. The molecule has 1 aromatic heterocycles. The fraction of sp³-hybridized carbons (Fsp3) is 0.444. The lowest BCUT2D eigenvalue weighted by Gasteiger charge is -2.17. The fourth-order valence-corrected chi connectivity index (χ4v) is 3.24. The molecule has 5 nitrogen and oxygen atoms in total. The van der Waals surface area contributed by atoms with E-state index < -0.39 is 12.0 Å². The van der Waals surface area contributed by atoms with Crippen molar-refractivity contribution in [3.8, 4) is 0 Å². The number of unbranched alkanes of at least 4 members (excludes halogenated alkanes) is 1. The normalized spacial score (nSPS) is 12.1. The molecule has 0 bridgehead atoms. The maximum absolute atomic E-state index is 12.8. The molecule has 2 rings (SSSR count). The summed E-state index contributed by atoms with van der Waals surface area (Å²) in [7, 11) is 1.33. The first-order valence-electron chi connectivity index (χ1n) is 8.09. The highest BCUT2D eigenvalue weighted by atomic mass is 32.2. The van der Waals surface area contributed by atoms with Crippen LogP contribution >= 0.6 is 11.8 Å². The number of esters is 1. The van der Waals surface area contributed by atoms with Gasteiger partial charge in [-0.3, -0.25) is 4.57 Å². The summed E-state index contributed by atoms with van der Waals surface area (Å²) >= 11 is 1.49. The van der Waals surface area contributed by atoms with E-state index in [4.69, 9.17) is 4.74 Å². The first kappa shape index (κ1) is 18.4. The Balaban J connectivity index is 2.34. The Kier molecular flexibility index (Phi) is 6.73. The Morgan fingerprint density at radius 2 is 2.08 bits per heavy atom. The molecular weight excluding hydrogens is 324 g/mol. The zero-order valence-electron chi connectivity index (χ0n) is 14.4. The third kappa shape index (κ3) is 4.12. The minimum absolute atomic E-state index is 0.285. The smallest absolute Gasteiger partial charge is 0.329 e. The monoisotopic (exact) mass is 348 g/mol. The minimum atomic E-state index is -0.655. The van der Waals surface area contributed by atoms with E-state index in [-0.39, 0.29) is 6.03 Å². The van der Waals surface area contributed by atoms with Crippen LogP contribution in [0.25, 0.3) is 10.9 Å². The van der Waals surface area contributed by atoms with E-state index in [2.05, 4.69) is 12.2 Å². The molecular formula is C18H24N2O3S. The molecule has 0 radical (unpaired) electrons. The van der Waals surface area contributed by atoms with Gasteiger partial charge < -0.3 is 10.1 Å². The number of carbonyl (C=O) groups excluding carboxylic acids is 2. The highest BCUT2D eigenvalue weighted by Crippen LogP contribution is 2.21. The highest BCUT2D eigenvalue weighted by Gasteiger charge is 2.23. The van der Waals surface area contributed by atoms with Crippen LogP contribution in [-0.2, 0) is 16.0 Å². The number of nitrogens with one attached hydrogen (secondary N) is 1. The lowest BCUT2D eigenvalue weighted by molar-refractivity contribution is -0.142. The number of ether oxygens (including phenoxy) is 1. The first-order chi connectivity index (χ1) is 11.6. The van der Waals surface area contributed by atoms with E-state index in [1.807, 2.05) is 36.6 Å². The number of benzene rings is 1. The topological polar surface area (TPSA) is 60.3 Å². The fourth-order valence-electron chi connectivity index (χ4n) is 2.68. The number of aryl methyl sites for hydroxylation is 1. The van der Waals surface area contributed by atoms with Gasteiger partial charge in [-0.25, -0.2) is 9.59 Å². The van der Waals surface area contributed by atoms with Crippen molar-refractivity contribution in [1.29, 1.82) is 0 Å². The average molecular weight is 348 g/mol. The second-order valence-corrected chi connectivity index (χ2v) is 6.52. The molecule has 0 aliphatic heterocycles. The minimum Gasteiger partial charge on any atom is -0.467 e. The predicted molar refractivity (Wildman–Crippen MR) is 98.7 cm³/mol. The number of carbonyl (C=O) groups is 2. The Labute approximate surface area is 146 Å². The molecule has 2 aromatic rings. The van der Waals surface area contributed by atoms with Crippen molar-refractivity contribution in [2.45, 2.75) is 32.2 Å². The molecule has 0 aliphatic carbocycles. The van der Waals surface area contributed by atoms with Crippen LogP contribution in [0, 0.1) is 0 Å². The van der Waals surface area contributed by atoms with Crippen LogP contribution in [0.5, 0.6) is 0 Å². The van der Waals surface area contributed by atoms with E-state index in [0.29, 0.717) is 5.75 Å².